The fourth-order valence-corrected chi connectivity index (χ4v) is 2.84. The van der Waals surface area contributed by atoms with Crippen LogP contribution >= 0.6 is 11.3 Å². The summed E-state index contributed by atoms with van der Waals surface area (Å²) in [7, 11) is 1.57. The number of benzene rings is 1. The van der Waals surface area contributed by atoms with Crippen LogP contribution in [0.3, 0.4) is 0 Å². The lowest BCUT2D eigenvalue weighted by atomic mass is 10.1. The van der Waals surface area contributed by atoms with Gasteiger partial charge in [0, 0.05) is 10.4 Å². The standard InChI is InChI=1S/C16H17NO4S/c1-10-3-5-13(21-2)11(7-10)8-15(18)17-9-12-4-6-14(22-12)16(19)20/h3-7H,8-9H2,1-2H3,(H,17,18)(H,19,20). The van der Waals surface area contributed by atoms with Crippen molar-refractivity contribution in [2.45, 2.75) is 19.9 Å². The highest BCUT2D eigenvalue weighted by Gasteiger charge is 2.11. The average molecular weight is 319 g/mol. The van der Waals surface area contributed by atoms with Crippen molar-refractivity contribution < 1.29 is 19.4 Å². The highest BCUT2D eigenvalue weighted by atomic mass is 32.1. The van der Waals surface area contributed by atoms with E-state index in [4.69, 9.17) is 9.84 Å². The first-order chi connectivity index (χ1) is 10.5. The first-order valence-corrected chi connectivity index (χ1v) is 7.53. The molecule has 0 radical (unpaired) electrons. The zero-order valence-corrected chi connectivity index (χ0v) is 13.2. The number of ether oxygens (including phenoxy) is 1. The molecule has 116 valence electrons. The Balaban J connectivity index is 1.95. The van der Waals surface area contributed by atoms with Gasteiger partial charge in [-0.1, -0.05) is 17.7 Å². The molecule has 5 nitrogen and oxygen atoms in total. The van der Waals surface area contributed by atoms with Crippen molar-refractivity contribution in [2.24, 2.45) is 0 Å². The molecule has 0 unspecified atom stereocenters. The van der Waals surface area contributed by atoms with E-state index in [0.717, 1.165) is 27.3 Å². The number of methoxy groups -OCH3 is 1. The van der Waals surface area contributed by atoms with Crippen molar-refractivity contribution >= 4 is 23.2 Å². The fourth-order valence-electron chi connectivity index (χ4n) is 2.05. The Kier molecular flexibility index (Phi) is 5.16. The van der Waals surface area contributed by atoms with Crippen molar-refractivity contribution in [1.82, 2.24) is 5.32 Å². The maximum absolute atomic E-state index is 12.0. The van der Waals surface area contributed by atoms with Crippen LogP contribution in [-0.4, -0.2) is 24.1 Å². The highest BCUT2D eigenvalue weighted by Crippen LogP contribution is 2.20. The van der Waals surface area contributed by atoms with Gasteiger partial charge >= 0.3 is 5.97 Å². The van der Waals surface area contributed by atoms with Crippen LogP contribution in [0.1, 0.15) is 25.7 Å². The molecular formula is C16H17NO4S. The Morgan fingerprint density at radius 1 is 1.27 bits per heavy atom. The molecule has 0 aliphatic carbocycles. The lowest BCUT2D eigenvalue weighted by molar-refractivity contribution is -0.120. The zero-order chi connectivity index (χ0) is 16.1. The highest BCUT2D eigenvalue weighted by molar-refractivity contribution is 7.13. The molecular weight excluding hydrogens is 302 g/mol. The van der Waals surface area contributed by atoms with Crippen LogP contribution in [0.2, 0.25) is 0 Å². The molecule has 0 aliphatic heterocycles. The molecule has 0 fully saturated rings. The molecule has 22 heavy (non-hydrogen) atoms. The van der Waals surface area contributed by atoms with E-state index in [1.807, 2.05) is 25.1 Å². The van der Waals surface area contributed by atoms with Gasteiger partial charge in [-0.05, 0) is 25.1 Å². The van der Waals surface area contributed by atoms with Crippen LogP contribution in [0.5, 0.6) is 5.75 Å². The maximum atomic E-state index is 12.0. The Labute approximate surface area is 132 Å². The minimum Gasteiger partial charge on any atom is -0.496 e. The summed E-state index contributed by atoms with van der Waals surface area (Å²) in [6.07, 6.45) is 0.224. The molecule has 0 bridgehead atoms. The number of carboxylic acids is 1. The van der Waals surface area contributed by atoms with E-state index in [9.17, 15) is 9.59 Å². The van der Waals surface area contributed by atoms with Crippen molar-refractivity contribution in [3.8, 4) is 5.75 Å². The summed E-state index contributed by atoms with van der Waals surface area (Å²) in [5, 5.41) is 11.7. The fraction of sp³-hybridized carbons (Fsp3) is 0.250. The SMILES string of the molecule is COc1ccc(C)cc1CC(=O)NCc1ccc(C(=O)O)s1. The van der Waals surface area contributed by atoms with E-state index in [1.165, 1.54) is 6.07 Å². The number of carbonyl (C=O) groups excluding carboxylic acids is 1. The molecule has 0 spiro atoms. The Morgan fingerprint density at radius 2 is 2.05 bits per heavy atom. The van der Waals surface area contributed by atoms with Crippen molar-refractivity contribution in [3.05, 3.63) is 51.2 Å². The largest absolute Gasteiger partial charge is 0.496 e. The molecule has 0 saturated carbocycles. The number of carbonyl (C=O) groups is 2. The molecule has 2 aromatic rings. The third kappa shape index (κ3) is 4.08. The van der Waals surface area contributed by atoms with Crippen LogP contribution in [0, 0.1) is 6.92 Å². The number of amides is 1. The molecule has 2 N–H and O–H groups in total. The molecule has 1 amide bonds. The van der Waals surface area contributed by atoms with Crippen LogP contribution in [0.25, 0.3) is 0 Å². The molecule has 0 saturated heterocycles. The van der Waals surface area contributed by atoms with E-state index in [2.05, 4.69) is 5.32 Å². The number of hydrogen-bond donors (Lipinski definition) is 2. The van der Waals surface area contributed by atoms with Gasteiger partial charge in [0.2, 0.25) is 5.91 Å². The van der Waals surface area contributed by atoms with Crippen molar-refractivity contribution in [3.63, 3.8) is 0 Å². The third-order valence-electron chi connectivity index (χ3n) is 3.12. The number of rotatable bonds is 6. The molecule has 2 rings (SSSR count). The molecule has 1 aromatic heterocycles. The Bertz CT molecular complexity index is 693. The van der Waals surface area contributed by atoms with Gasteiger partial charge < -0.3 is 15.2 Å². The summed E-state index contributed by atoms with van der Waals surface area (Å²) in [6.45, 7) is 2.28. The lowest BCUT2D eigenvalue weighted by Crippen LogP contribution is -2.24. The second kappa shape index (κ2) is 7.09. The van der Waals surface area contributed by atoms with Crippen molar-refractivity contribution in [1.29, 1.82) is 0 Å². The minimum atomic E-state index is -0.952. The Hall–Kier alpha value is -2.34. The minimum absolute atomic E-state index is 0.130. The number of aryl methyl sites for hydroxylation is 1. The van der Waals surface area contributed by atoms with Crippen LogP contribution in [-0.2, 0) is 17.8 Å². The first kappa shape index (κ1) is 16.0. The quantitative estimate of drug-likeness (QED) is 0.858. The normalized spacial score (nSPS) is 10.3. The summed E-state index contributed by atoms with van der Waals surface area (Å²) in [6, 6.07) is 8.95. The number of aromatic carboxylic acids is 1. The van der Waals surface area contributed by atoms with E-state index >= 15 is 0 Å². The van der Waals surface area contributed by atoms with Crippen LogP contribution in [0.15, 0.2) is 30.3 Å². The number of carboxylic acid groups (broad SMARTS) is 1. The van der Waals surface area contributed by atoms with Gasteiger partial charge in [-0.15, -0.1) is 11.3 Å². The van der Waals surface area contributed by atoms with Gasteiger partial charge in [-0.25, -0.2) is 4.79 Å². The van der Waals surface area contributed by atoms with Gasteiger partial charge in [-0.3, -0.25) is 4.79 Å². The van der Waals surface area contributed by atoms with E-state index in [0.29, 0.717) is 12.3 Å². The third-order valence-corrected chi connectivity index (χ3v) is 4.19. The van der Waals surface area contributed by atoms with Gasteiger partial charge in [0.15, 0.2) is 0 Å². The van der Waals surface area contributed by atoms with E-state index in [-0.39, 0.29) is 17.2 Å². The van der Waals surface area contributed by atoms with Gasteiger partial charge in [0.1, 0.15) is 10.6 Å². The summed E-state index contributed by atoms with van der Waals surface area (Å²) >= 11 is 1.16. The average Bonchev–Trinajstić information content (AvgIpc) is 2.94. The number of nitrogens with one attached hydrogen (secondary N) is 1. The second-order valence-corrected chi connectivity index (χ2v) is 6.01. The van der Waals surface area contributed by atoms with Crippen LogP contribution < -0.4 is 10.1 Å². The monoisotopic (exact) mass is 319 g/mol. The molecule has 1 aromatic carbocycles. The predicted octanol–water partition coefficient (Wildman–Crippen LogP) is 2.62. The maximum Gasteiger partial charge on any atom is 0.345 e. The van der Waals surface area contributed by atoms with Gasteiger partial charge in [0.25, 0.3) is 0 Å². The van der Waals surface area contributed by atoms with Gasteiger partial charge in [0.05, 0.1) is 20.1 Å². The predicted molar refractivity (Wildman–Crippen MR) is 84.6 cm³/mol. The van der Waals surface area contributed by atoms with E-state index < -0.39 is 5.97 Å². The molecule has 6 heteroatoms. The first-order valence-electron chi connectivity index (χ1n) is 6.72. The summed E-state index contributed by atoms with van der Waals surface area (Å²) in [5.41, 5.74) is 1.89. The Morgan fingerprint density at radius 3 is 2.68 bits per heavy atom. The van der Waals surface area contributed by atoms with Crippen LogP contribution in [0.4, 0.5) is 0 Å². The molecule has 1 heterocycles. The zero-order valence-electron chi connectivity index (χ0n) is 12.4. The van der Waals surface area contributed by atoms with E-state index in [1.54, 1.807) is 13.2 Å². The molecule has 0 atom stereocenters. The number of hydrogen-bond acceptors (Lipinski definition) is 4. The van der Waals surface area contributed by atoms with Gasteiger partial charge in [-0.2, -0.15) is 0 Å². The number of thiophene rings is 1. The lowest BCUT2D eigenvalue weighted by Gasteiger charge is -2.09. The summed E-state index contributed by atoms with van der Waals surface area (Å²) in [5.74, 6) is -0.397. The topological polar surface area (TPSA) is 75.6 Å². The summed E-state index contributed by atoms with van der Waals surface area (Å²) < 4.78 is 5.25. The molecule has 0 aliphatic rings. The summed E-state index contributed by atoms with van der Waals surface area (Å²) in [4.78, 5) is 23.9. The second-order valence-electron chi connectivity index (χ2n) is 4.84. The smallest absolute Gasteiger partial charge is 0.345 e. The van der Waals surface area contributed by atoms with Crippen molar-refractivity contribution in [2.75, 3.05) is 7.11 Å².